The average molecular weight is 218 g/mol. The monoisotopic (exact) mass is 218 g/mol. The predicted molar refractivity (Wildman–Crippen MR) is 66.2 cm³/mol. The molecule has 1 aliphatic carbocycles. The maximum absolute atomic E-state index is 13.7. The second-order valence-corrected chi connectivity index (χ2v) is 5.06. The number of halogens is 1. The Morgan fingerprint density at radius 2 is 2.00 bits per heavy atom. The molecule has 1 aliphatic rings. The minimum absolute atomic E-state index is 0.0636. The van der Waals surface area contributed by atoms with Crippen LogP contribution < -0.4 is 0 Å². The largest absolute Gasteiger partial charge is 0.207 e. The van der Waals surface area contributed by atoms with Gasteiger partial charge >= 0.3 is 0 Å². The summed E-state index contributed by atoms with van der Waals surface area (Å²) in [5.41, 5.74) is 3.27. The van der Waals surface area contributed by atoms with Crippen molar-refractivity contribution in [3.05, 3.63) is 46.8 Å². The molecule has 0 spiro atoms. The lowest BCUT2D eigenvalue weighted by molar-refractivity contribution is 0.498. The van der Waals surface area contributed by atoms with E-state index in [0.29, 0.717) is 11.8 Å². The molecule has 0 saturated carbocycles. The highest BCUT2D eigenvalue weighted by Gasteiger charge is 2.20. The van der Waals surface area contributed by atoms with Crippen LogP contribution in [0.2, 0.25) is 0 Å². The van der Waals surface area contributed by atoms with E-state index in [1.807, 2.05) is 13.0 Å². The quantitative estimate of drug-likeness (QED) is 0.614. The van der Waals surface area contributed by atoms with Gasteiger partial charge in [0.25, 0.3) is 0 Å². The molecule has 2 rings (SSSR count). The van der Waals surface area contributed by atoms with Crippen LogP contribution in [-0.4, -0.2) is 0 Å². The van der Waals surface area contributed by atoms with Crippen molar-refractivity contribution in [1.29, 1.82) is 0 Å². The third-order valence-corrected chi connectivity index (χ3v) is 3.52. The number of fused-ring (bicyclic) bond motifs is 1. The molecular weight excluding hydrogens is 199 g/mol. The summed E-state index contributed by atoms with van der Waals surface area (Å²) in [6.07, 6.45) is 6.42. The summed E-state index contributed by atoms with van der Waals surface area (Å²) in [7, 11) is 0. The predicted octanol–water partition coefficient (Wildman–Crippen LogP) is 4.38. The second-order valence-electron chi connectivity index (χ2n) is 5.06. The molecule has 0 fully saturated rings. The molecule has 86 valence electrons. The maximum atomic E-state index is 13.7. The van der Waals surface area contributed by atoms with E-state index < -0.39 is 0 Å². The normalized spacial score (nSPS) is 19.7. The molecule has 0 saturated heterocycles. The molecule has 1 unspecified atom stereocenters. The molecule has 0 aromatic heterocycles. The molecule has 1 aromatic carbocycles. The molecule has 0 radical (unpaired) electrons. The van der Waals surface area contributed by atoms with Gasteiger partial charge in [-0.15, -0.1) is 0 Å². The fraction of sp³-hybridized carbons (Fsp3) is 0.467. The molecule has 16 heavy (non-hydrogen) atoms. The Morgan fingerprint density at radius 1 is 1.25 bits per heavy atom. The van der Waals surface area contributed by atoms with Crippen LogP contribution in [0.25, 0.3) is 0 Å². The number of benzene rings is 1. The zero-order valence-corrected chi connectivity index (χ0v) is 10.3. The van der Waals surface area contributed by atoms with Gasteiger partial charge in [0.2, 0.25) is 0 Å². The zero-order chi connectivity index (χ0) is 11.7. The van der Waals surface area contributed by atoms with Crippen molar-refractivity contribution >= 4 is 0 Å². The van der Waals surface area contributed by atoms with Gasteiger partial charge < -0.3 is 0 Å². The van der Waals surface area contributed by atoms with Crippen molar-refractivity contribution in [2.75, 3.05) is 0 Å². The lowest BCUT2D eigenvalue weighted by Gasteiger charge is -2.21. The number of aryl methyl sites for hydroxylation is 1. The number of allylic oxidation sites excluding steroid dienone is 2. The van der Waals surface area contributed by atoms with Gasteiger partial charge in [-0.2, -0.15) is 0 Å². The van der Waals surface area contributed by atoms with Gasteiger partial charge in [0.1, 0.15) is 5.82 Å². The van der Waals surface area contributed by atoms with Crippen LogP contribution >= 0.6 is 0 Å². The lowest BCUT2D eigenvalue weighted by Crippen LogP contribution is -2.08. The van der Waals surface area contributed by atoms with Gasteiger partial charge in [-0.05, 0) is 54.4 Å². The van der Waals surface area contributed by atoms with Crippen LogP contribution in [0.5, 0.6) is 0 Å². The van der Waals surface area contributed by atoms with E-state index in [4.69, 9.17) is 0 Å². The summed E-state index contributed by atoms with van der Waals surface area (Å²) < 4.78 is 13.7. The fourth-order valence-electron chi connectivity index (χ4n) is 2.49. The smallest absolute Gasteiger partial charge is 0.126 e. The van der Waals surface area contributed by atoms with E-state index in [1.54, 1.807) is 6.07 Å². The molecule has 0 N–H and O–H groups in total. The molecule has 0 heterocycles. The summed E-state index contributed by atoms with van der Waals surface area (Å²) in [6.45, 7) is 6.27. The summed E-state index contributed by atoms with van der Waals surface area (Å²) >= 11 is 0. The highest BCUT2D eigenvalue weighted by Crippen LogP contribution is 2.34. The Hall–Kier alpha value is -1.11. The SMILES string of the molecule is Cc1cc2c(cc1F)C(C(C)C)CC=CC2. The maximum Gasteiger partial charge on any atom is 0.126 e. The Kier molecular flexibility index (Phi) is 3.13. The highest BCUT2D eigenvalue weighted by atomic mass is 19.1. The fourth-order valence-corrected chi connectivity index (χ4v) is 2.49. The highest BCUT2D eigenvalue weighted by molar-refractivity contribution is 5.38. The van der Waals surface area contributed by atoms with Gasteiger partial charge in [-0.25, -0.2) is 4.39 Å². The minimum atomic E-state index is -0.0636. The summed E-state index contributed by atoms with van der Waals surface area (Å²) in [6, 6.07) is 3.76. The summed E-state index contributed by atoms with van der Waals surface area (Å²) in [4.78, 5) is 0. The van der Waals surface area contributed by atoms with Gasteiger partial charge in [0, 0.05) is 0 Å². The standard InChI is InChI=1S/C15H19F/c1-10(2)13-7-5-4-6-12-8-11(3)15(16)9-14(12)13/h4-5,8-10,13H,6-7H2,1-3H3. The molecular formula is C15H19F. The minimum Gasteiger partial charge on any atom is -0.207 e. The summed E-state index contributed by atoms with van der Waals surface area (Å²) in [5, 5.41) is 0. The Bertz CT molecular complexity index is 416. The van der Waals surface area contributed by atoms with Gasteiger partial charge in [-0.3, -0.25) is 0 Å². The second kappa shape index (κ2) is 4.40. The van der Waals surface area contributed by atoms with Crippen molar-refractivity contribution in [3.63, 3.8) is 0 Å². The van der Waals surface area contributed by atoms with Crippen molar-refractivity contribution in [2.24, 2.45) is 5.92 Å². The molecule has 1 atom stereocenters. The number of hydrogen-bond donors (Lipinski definition) is 0. The molecule has 0 nitrogen and oxygen atoms in total. The lowest BCUT2D eigenvalue weighted by atomic mass is 9.83. The van der Waals surface area contributed by atoms with E-state index in [0.717, 1.165) is 18.4 Å². The average Bonchev–Trinajstić information content (AvgIpc) is 2.41. The zero-order valence-electron chi connectivity index (χ0n) is 10.3. The first kappa shape index (κ1) is 11.4. The van der Waals surface area contributed by atoms with Gasteiger partial charge in [-0.1, -0.05) is 32.1 Å². The van der Waals surface area contributed by atoms with Crippen LogP contribution in [0.3, 0.4) is 0 Å². The first-order valence-electron chi connectivity index (χ1n) is 6.03. The van der Waals surface area contributed by atoms with E-state index in [-0.39, 0.29) is 5.82 Å². The van der Waals surface area contributed by atoms with E-state index in [2.05, 4.69) is 26.0 Å². The Labute approximate surface area is 97.2 Å². The van der Waals surface area contributed by atoms with Gasteiger partial charge in [0.05, 0.1) is 0 Å². The van der Waals surface area contributed by atoms with Crippen LogP contribution in [0.1, 0.15) is 42.9 Å². The molecule has 1 aromatic rings. The van der Waals surface area contributed by atoms with Crippen molar-refractivity contribution in [2.45, 2.75) is 39.5 Å². The topological polar surface area (TPSA) is 0 Å². The number of hydrogen-bond acceptors (Lipinski definition) is 0. The Morgan fingerprint density at radius 3 is 2.69 bits per heavy atom. The summed E-state index contributed by atoms with van der Waals surface area (Å²) in [5.74, 6) is 0.957. The first-order chi connectivity index (χ1) is 7.59. The van der Waals surface area contributed by atoms with Gasteiger partial charge in [0.15, 0.2) is 0 Å². The van der Waals surface area contributed by atoms with Crippen LogP contribution in [0.15, 0.2) is 24.3 Å². The van der Waals surface area contributed by atoms with Crippen LogP contribution in [-0.2, 0) is 6.42 Å². The molecule has 0 amide bonds. The molecule has 0 bridgehead atoms. The third-order valence-electron chi connectivity index (χ3n) is 3.52. The van der Waals surface area contributed by atoms with E-state index >= 15 is 0 Å². The van der Waals surface area contributed by atoms with E-state index in [1.165, 1.54) is 11.1 Å². The molecule has 1 heteroatoms. The van der Waals surface area contributed by atoms with Crippen molar-refractivity contribution < 1.29 is 4.39 Å². The molecule has 0 aliphatic heterocycles. The van der Waals surface area contributed by atoms with Crippen LogP contribution in [0.4, 0.5) is 4.39 Å². The van der Waals surface area contributed by atoms with E-state index in [9.17, 15) is 4.39 Å². The first-order valence-corrected chi connectivity index (χ1v) is 6.03. The third kappa shape index (κ3) is 2.04. The van der Waals surface area contributed by atoms with Crippen molar-refractivity contribution in [1.82, 2.24) is 0 Å². The Balaban J connectivity index is 2.52. The number of rotatable bonds is 1. The van der Waals surface area contributed by atoms with Crippen molar-refractivity contribution in [3.8, 4) is 0 Å². The van der Waals surface area contributed by atoms with Crippen LogP contribution in [0, 0.1) is 18.7 Å².